The molecule has 0 saturated heterocycles. The van der Waals surface area contributed by atoms with Gasteiger partial charge in [0.15, 0.2) is 0 Å². The minimum absolute atomic E-state index is 0. The van der Waals surface area contributed by atoms with Gasteiger partial charge in [-0.3, -0.25) is 0 Å². The predicted molar refractivity (Wildman–Crippen MR) is 87.9 cm³/mol. The van der Waals surface area contributed by atoms with E-state index in [2.05, 4.69) is 0 Å². The van der Waals surface area contributed by atoms with Gasteiger partial charge in [0.25, 0.3) is 0 Å². The molecule has 0 amide bonds. The van der Waals surface area contributed by atoms with Crippen molar-refractivity contribution in [1.82, 2.24) is 0 Å². The first kappa shape index (κ1) is 33.1. The second kappa shape index (κ2) is 12.9. The van der Waals surface area contributed by atoms with E-state index in [0.29, 0.717) is 0 Å². The molecule has 0 aromatic rings. The van der Waals surface area contributed by atoms with Gasteiger partial charge in [0.2, 0.25) is 0 Å². The Hall–Kier alpha value is 0.424. The molecule has 0 bridgehead atoms. The second-order valence-corrected chi connectivity index (χ2v) is 8.68. The average Bonchev–Trinajstić information content (AvgIpc) is 1.62. The molecule has 0 aromatic carbocycles. The van der Waals surface area contributed by atoms with Crippen LogP contribution in [-0.4, -0.2) is 42.8 Å². The molecule has 1 radical (unpaired) electrons. The standard InChI is InChI=1S/4C4H10O.V/c4*1-4(2,3)5;/h4*5H,1-3H3;. The third kappa shape index (κ3) is 38500. The molecule has 133 valence electrons. The summed E-state index contributed by atoms with van der Waals surface area (Å²) in [5, 5.41) is 34.1. The SMILES string of the molecule is CC(C)(C)O.CC(C)(C)O.CC(C)(C)O.CC(C)(C)O.[V]. The van der Waals surface area contributed by atoms with E-state index in [1.54, 1.807) is 83.1 Å². The smallest absolute Gasteiger partial charge is 0.0563 e. The van der Waals surface area contributed by atoms with Crippen molar-refractivity contribution in [3.8, 4) is 0 Å². The van der Waals surface area contributed by atoms with Crippen molar-refractivity contribution in [1.29, 1.82) is 0 Å². The molecule has 0 saturated carbocycles. The summed E-state index contributed by atoms with van der Waals surface area (Å²) in [4.78, 5) is 0. The van der Waals surface area contributed by atoms with Gasteiger partial charge >= 0.3 is 0 Å². The minimum Gasteiger partial charge on any atom is -0.391 e. The monoisotopic (exact) mass is 347 g/mol. The van der Waals surface area contributed by atoms with Crippen molar-refractivity contribution in [2.45, 2.75) is 105 Å². The van der Waals surface area contributed by atoms with E-state index < -0.39 is 22.4 Å². The maximum Gasteiger partial charge on any atom is 0.0563 e. The van der Waals surface area contributed by atoms with Gasteiger partial charge in [0, 0.05) is 18.6 Å². The Bertz CT molecular complexity index is 130. The fourth-order valence-electron chi connectivity index (χ4n) is 0. The van der Waals surface area contributed by atoms with Crippen molar-refractivity contribution in [2.24, 2.45) is 0 Å². The zero-order valence-corrected chi connectivity index (χ0v) is 17.6. The van der Waals surface area contributed by atoms with Crippen molar-refractivity contribution < 1.29 is 39.0 Å². The van der Waals surface area contributed by atoms with Gasteiger partial charge in [-0.15, -0.1) is 0 Å². The summed E-state index contributed by atoms with van der Waals surface area (Å²) in [6, 6.07) is 0. The van der Waals surface area contributed by atoms with E-state index in [9.17, 15) is 0 Å². The molecule has 0 heterocycles. The topological polar surface area (TPSA) is 80.9 Å². The van der Waals surface area contributed by atoms with Crippen LogP contribution >= 0.6 is 0 Å². The van der Waals surface area contributed by atoms with Crippen molar-refractivity contribution in [2.75, 3.05) is 0 Å². The van der Waals surface area contributed by atoms with Crippen LogP contribution in [0.5, 0.6) is 0 Å². The first-order valence-electron chi connectivity index (χ1n) is 6.89. The Kier molecular flexibility index (Phi) is 20.4. The van der Waals surface area contributed by atoms with Crippen LogP contribution in [0.25, 0.3) is 0 Å². The minimum atomic E-state index is -0.500. The van der Waals surface area contributed by atoms with Crippen molar-refractivity contribution in [3.63, 3.8) is 0 Å². The molecule has 0 unspecified atom stereocenters. The molecule has 0 fully saturated rings. The zero-order valence-electron chi connectivity index (χ0n) is 16.2. The summed E-state index contributed by atoms with van der Waals surface area (Å²) in [7, 11) is 0. The van der Waals surface area contributed by atoms with Gasteiger partial charge in [-0.05, 0) is 83.1 Å². The molecule has 21 heavy (non-hydrogen) atoms. The number of aliphatic hydroxyl groups is 4. The molecule has 0 aromatic heterocycles. The van der Waals surface area contributed by atoms with Crippen LogP contribution in [0.15, 0.2) is 0 Å². The first-order chi connectivity index (χ1) is 8.00. The summed E-state index contributed by atoms with van der Waals surface area (Å²) >= 11 is 0. The third-order valence-electron chi connectivity index (χ3n) is 0. The Labute approximate surface area is 144 Å². The van der Waals surface area contributed by atoms with Crippen LogP contribution in [0, 0.1) is 0 Å². The summed E-state index contributed by atoms with van der Waals surface area (Å²) in [5.74, 6) is 0. The summed E-state index contributed by atoms with van der Waals surface area (Å²) in [6.07, 6.45) is 0. The molecule has 0 rings (SSSR count). The molecular weight excluding hydrogens is 307 g/mol. The van der Waals surface area contributed by atoms with Gasteiger partial charge in [0.1, 0.15) is 0 Å². The molecule has 0 aliphatic heterocycles. The third-order valence-corrected chi connectivity index (χ3v) is 0. The number of hydrogen-bond donors (Lipinski definition) is 4. The fourth-order valence-corrected chi connectivity index (χ4v) is 0. The summed E-state index contributed by atoms with van der Waals surface area (Å²) in [5.41, 5.74) is -2.00. The van der Waals surface area contributed by atoms with Crippen LogP contribution in [-0.2, 0) is 18.6 Å². The van der Waals surface area contributed by atoms with E-state index in [4.69, 9.17) is 20.4 Å². The van der Waals surface area contributed by atoms with Gasteiger partial charge < -0.3 is 20.4 Å². The molecule has 0 aliphatic carbocycles. The number of hydrogen-bond acceptors (Lipinski definition) is 4. The van der Waals surface area contributed by atoms with Gasteiger partial charge in [0.05, 0.1) is 22.4 Å². The largest absolute Gasteiger partial charge is 0.391 e. The normalized spacial score (nSPS) is 11.4. The molecule has 4 N–H and O–H groups in total. The van der Waals surface area contributed by atoms with E-state index in [1.807, 2.05) is 0 Å². The summed E-state index contributed by atoms with van der Waals surface area (Å²) < 4.78 is 0. The maximum atomic E-state index is 8.52. The van der Waals surface area contributed by atoms with Crippen molar-refractivity contribution >= 4 is 0 Å². The Morgan fingerprint density at radius 2 is 0.333 bits per heavy atom. The first-order valence-corrected chi connectivity index (χ1v) is 6.89. The molecule has 4 nitrogen and oxygen atoms in total. The Morgan fingerprint density at radius 3 is 0.333 bits per heavy atom. The zero-order chi connectivity index (χ0) is 18.0. The molecular formula is C16H40O4V. The summed E-state index contributed by atoms with van der Waals surface area (Å²) in [6.45, 7) is 20.9. The van der Waals surface area contributed by atoms with Crippen LogP contribution in [0.3, 0.4) is 0 Å². The fraction of sp³-hybridized carbons (Fsp3) is 1.00. The van der Waals surface area contributed by atoms with Crippen LogP contribution in [0.2, 0.25) is 0 Å². The van der Waals surface area contributed by atoms with Gasteiger partial charge in [-0.1, -0.05) is 0 Å². The van der Waals surface area contributed by atoms with Crippen LogP contribution in [0.4, 0.5) is 0 Å². The maximum absolute atomic E-state index is 8.52. The average molecular weight is 347 g/mol. The van der Waals surface area contributed by atoms with Gasteiger partial charge in [-0.2, -0.15) is 0 Å². The van der Waals surface area contributed by atoms with E-state index >= 15 is 0 Å². The van der Waals surface area contributed by atoms with E-state index in [-0.39, 0.29) is 18.6 Å². The molecule has 5 heteroatoms. The Balaban J connectivity index is -0.0000000533. The molecule has 0 spiro atoms. The van der Waals surface area contributed by atoms with Crippen molar-refractivity contribution in [3.05, 3.63) is 0 Å². The number of rotatable bonds is 0. The van der Waals surface area contributed by atoms with Crippen LogP contribution in [0.1, 0.15) is 83.1 Å². The predicted octanol–water partition coefficient (Wildman–Crippen LogP) is 3.11. The Morgan fingerprint density at radius 1 is 0.333 bits per heavy atom. The van der Waals surface area contributed by atoms with Crippen LogP contribution < -0.4 is 0 Å². The van der Waals surface area contributed by atoms with E-state index in [1.165, 1.54) is 0 Å². The van der Waals surface area contributed by atoms with E-state index in [0.717, 1.165) is 0 Å². The molecule has 0 aliphatic rings. The molecule has 0 atom stereocenters. The second-order valence-electron chi connectivity index (χ2n) is 8.68. The quantitative estimate of drug-likeness (QED) is 0.543. The van der Waals surface area contributed by atoms with Gasteiger partial charge in [-0.25, -0.2) is 0 Å².